The number of β-amino-alcohol motifs (C(OH)–C–C–N with tert-alkyl or cyclic N) is 1. The summed E-state index contributed by atoms with van der Waals surface area (Å²) >= 11 is 0. The van der Waals surface area contributed by atoms with E-state index < -0.39 is 29.6 Å². The number of carbonyl (C=O) groups excluding carboxylic acids is 3. The molecule has 0 saturated carbocycles. The fourth-order valence-electron chi connectivity index (χ4n) is 5.64. The third-order valence-electron chi connectivity index (χ3n) is 7.77. The van der Waals surface area contributed by atoms with E-state index in [0.29, 0.717) is 22.6 Å². The minimum Gasteiger partial charge on any atom is -0.372 e. The maximum atomic E-state index is 14.4. The molecule has 1 saturated heterocycles. The Morgan fingerprint density at radius 1 is 0.854 bits per heavy atom. The van der Waals surface area contributed by atoms with Crippen molar-refractivity contribution in [2.75, 3.05) is 35.2 Å². The number of aliphatic hydroxyl groups excluding tert-OH is 1. The van der Waals surface area contributed by atoms with E-state index in [1.165, 1.54) is 4.90 Å². The molecule has 0 spiro atoms. The molecule has 41 heavy (non-hydrogen) atoms. The number of anilines is 3. The molecule has 0 bridgehead atoms. The average Bonchev–Trinajstić information content (AvgIpc) is 3.19. The second-order valence-electron chi connectivity index (χ2n) is 11.0. The first-order chi connectivity index (χ1) is 19.7. The molecule has 0 radical (unpaired) electrons. The zero-order valence-corrected chi connectivity index (χ0v) is 23.5. The van der Waals surface area contributed by atoms with Gasteiger partial charge in [-0.3, -0.25) is 19.4 Å². The molecule has 9 heteroatoms. The van der Waals surface area contributed by atoms with Crippen LogP contribution in [0.2, 0.25) is 0 Å². The molecule has 2 atom stereocenters. The number of aliphatic hydroxyl groups is 1. The summed E-state index contributed by atoms with van der Waals surface area (Å²) in [4.78, 5) is 44.7. The molecule has 5 rings (SSSR count). The van der Waals surface area contributed by atoms with Gasteiger partial charge in [0.15, 0.2) is 5.54 Å². The van der Waals surface area contributed by atoms with Gasteiger partial charge in [-0.2, -0.15) is 0 Å². The van der Waals surface area contributed by atoms with Gasteiger partial charge in [0.25, 0.3) is 5.91 Å². The first kappa shape index (κ1) is 28.3. The molecule has 0 aromatic heterocycles. The van der Waals surface area contributed by atoms with Crippen LogP contribution in [-0.2, 0) is 15.1 Å². The van der Waals surface area contributed by atoms with Crippen molar-refractivity contribution in [3.05, 3.63) is 89.5 Å². The number of aryl methyl sites for hydroxylation is 2. The fraction of sp³-hybridized carbons (Fsp3) is 0.344. The molecule has 2 aliphatic heterocycles. The van der Waals surface area contributed by atoms with Gasteiger partial charge in [0.2, 0.25) is 5.91 Å². The van der Waals surface area contributed by atoms with E-state index in [1.807, 2.05) is 38.1 Å². The lowest BCUT2D eigenvalue weighted by Crippen LogP contribution is -2.58. The van der Waals surface area contributed by atoms with Crippen molar-refractivity contribution in [1.82, 2.24) is 10.2 Å². The Hall–Kier alpha value is -4.21. The molecule has 4 N–H and O–H groups in total. The first-order valence-corrected chi connectivity index (χ1v) is 14.1. The summed E-state index contributed by atoms with van der Waals surface area (Å²) < 4.78 is 0. The number of carbonyl (C=O) groups is 3. The van der Waals surface area contributed by atoms with Gasteiger partial charge in [-0.25, -0.2) is 4.79 Å². The monoisotopic (exact) mass is 555 g/mol. The average molecular weight is 556 g/mol. The summed E-state index contributed by atoms with van der Waals surface area (Å²) in [7, 11) is 0. The van der Waals surface area contributed by atoms with Crippen LogP contribution in [0, 0.1) is 13.8 Å². The van der Waals surface area contributed by atoms with Gasteiger partial charge in [-0.05, 0) is 70.1 Å². The van der Waals surface area contributed by atoms with E-state index in [2.05, 4.69) is 20.9 Å². The molecule has 2 aliphatic rings. The zero-order chi connectivity index (χ0) is 29.0. The van der Waals surface area contributed by atoms with Gasteiger partial charge in [0, 0.05) is 23.5 Å². The van der Waals surface area contributed by atoms with Crippen molar-refractivity contribution < 1.29 is 19.5 Å². The predicted octanol–water partition coefficient (Wildman–Crippen LogP) is 4.50. The SMILES string of the molecule is Cc1ccc(NC(=O)C[C@@]2(NC(=O)Nc3ccc(C)cc3)C(=O)N(C(O)CN3CCCCC3)c3ccccc32)cc1. The Balaban J connectivity index is 1.46. The summed E-state index contributed by atoms with van der Waals surface area (Å²) in [5.74, 6) is -0.999. The molecule has 3 aromatic carbocycles. The van der Waals surface area contributed by atoms with Gasteiger partial charge in [-0.15, -0.1) is 0 Å². The van der Waals surface area contributed by atoms with Gasteiger partial charge in [0.1, 0.15) is 6.23 Å². The van der Waals surface area contributed by atoms with Gasteiger partial charge in [-0.1, -0.05) is 60.0 Å². The van der Waals surface area contributed by atoms with Crippen molar-refractivity contribution in [1.29, 1.82) is 0 Å². The van der Waals surface area contributed by atoms with Crippen LogP contribution < -0.4 is 20.9 Å². The van der Waals surface area contributed by atoms with Gasteiger partial charge < -0.3 is 21.1 Å². The number of benzene rings is 3. The lowest BCUT2D eigenvalue weighted by atomic mass is 9.87. The lowest BCUT2D eigenvalue weighted by Gasteiger charge is -2.34. The van der Waals surface area contributed by atoms with E-state index in [1.54, 1.807) is 48.5 Å². The summed E-state index contributed by atoms with van der Waals surface area (Å²) in [6.45, 7) is 5.88. The van der Waals surface area contributed by atoms with E-state index >= 15 is 0 Å². The van der Waals surface area contributed by atoms with Crippen LogP contribution in [0.4, 0.5) is 21.9 Å². The van der Waals surface area contributed by atoms with Crippen molar-refractivity contribution in [2.45, 2.75) is 51.3 Å². The van der Waals surface area contributed by atoms with Gasteiger partial charge in [0.05, 0.1) is 12.1 Å². The Kier molecular flexibility index (Phi) is 8.37. The lowest BCUT2D eigenvalue weighted by molar-refractivity contribution is -0.130. The number of nitrogens with zero attached hydrogens (tertiary/aromatic N) is 2. The maximum absolute atomic E-state index is 14.4. The van der Waals surface area contributed by atoms with E-state index in [-0.39, 0.29) is 13.0 Å². The number of rotatable bonds is 8. The smallest absolute Gasteiger partial charge is 0.320 e. The third kappa shape index (κ3) is 6.26. The molecule has 214 valence electrons. The standard InChI is InChI=1S/C32H37N5O4/c1-22-10-14-24(15-11-22)33-28(38)20-32(35-31(41)34-25-16-12-23(2)13-17-25)26-8-4-5-9-27(26)37(30(32)40)29(39)21-36-18-6-3-7-19-36/h4-5,8-17,29,39H,3,6-7,18-21H2,1-2H3,(H,33,38)(H2,34,35,41)/t29?,32-/m0/s1. The Labute approximate surface area is 240 Å². The first-order valence-electron chi connectivity index (χ1n) is 14.1. The Bertz CT molecular complexity index is 1340. The highest BCUT2D eigenvalue weighted by Crippen LogP contribution is 2.43. The number of amides is 4. The number of likely N-dealkylation sites (tertiary alicyclic amines) is 1. The van der Waals surface area contributed by atoms with Crippen LogP contribution in [0.5, 0.6) is 0 Å². The molecule has 3 aromatic rings. The van der Waals surface area contributed by atoms with Gasteiger partial charge >= 0.3 is 6.03 Å². The molecule has 0 aliphatic carbocycles. The van der Waals surface area contributed by atoms with Crippen LogP contribution in [0.3, 0.4) is 0 Å². The van der Waals surface area contributed by atoms with Crippen molar-refractivity contribution >= 4 is 34.9 Å². The predicted molar refractivity (Wildman–Crippen MR) is 160 cm³/mol. The number of nitrogens with one attached hydrogen (secondary N) is 3. The molecular weight excluding hydrogens is 518 g/mol. The summed E-state index contributed by atoms with van der Waals surface area (Å²) in [5.41, 5.74) is 2.42. The molecule has 1 unspecified atom stereocenters. The van der Waals surface area contributed by atoms with Crippen LogP contribution in [0.15, 0.2) is 72.8 Å². The summed E-state index contributed by atoms with van der Waals surface area (Å²) in [6, 6.07) is 21.0. The molecular formula is C32H37N5O4. The highest BCUT2D eigenvalue weighted by Gasteiger charge is 2.55. The fourth-order valence-corrected chi connectivity index (χ4v) is 5.64. The summed E-state index contributed by atoms with van der Waals surface area (Å²) in [5, 5.41) is 19.9. The highest BCUT2D eigenvalue weighted by molar-refractivity contribution is 6.13. The molecule has 2 heterocycles. The van der Waals surface area contributed by atoms with E-state index in [0.717, 1.165) is 43.5 Å². The molecule has 9 nitrogen and oxygen atoms in total. The quantitative estimate of drug-likeness (QED) is 0.327. The number of piperidine rings is 1. The minimum atomic E-state index is -1.73. The van der Waals surface area contributed by atoms with Crippen LogP contribution in [0.25, 0.3) is 0 Å². The largest absolute Gasteiger partial charge is 0.372 e. The molecule has 4 amide bonds. The zero-order valence-electron chi connectivity index (χ0n) is 23.5. The van der Waals surface area contributed by atoms with Crippen LogP contribution in [-0.4, -0.2) is 53.7 Å². The maximum Gasteiger partial charge on any atom is 0.320 e. The number of hydrogen-bond acceptors (Lipinski definition) is 5. The van der Waals surface area contributed by atoms with Crippen molar-refractivity contribution in [3.63, 3.8) is 0 Å². The highest BCUT2D eigenvalue weighted by atomic mass is 16.3. The molecule has 1 fully saturated rings. The Morgan fingerprint density at radius 2 is 1.44 bits per heavy atom. The van der Waals surface area contributed by atoms with Crippen LogP contribution >= 0.6 is 0 Å². The number of fused-ring (bicyclic) bond motifs is 1. The second kappa shape index (κ2) is 12.1. The summed E-state index contributed by atoms with van der Waals surface area (Å²) in [6.07, 6.45) is 1.73. The number of para-hydroxylation sites is 1. The van der Waals surface area contributed by atoms with Crippen molar-refractivity contribution in [3.8, 4) is 0 Å². The Morgan fingerprint density at radius 3 is 2.07 bits per heavy atom. The second-order valence-corrected chi connectivity index (χ2v) is 11.0. The van der Waals surface area contributed by atoms with Crippen LogP contribution in [0.1, 0.15) is 42.4 Å². The third-order valence-corrected chi connectivity index (χ3v) is 7.77. The topological polar surface area (TPSA) is 114 Å². The minimum absolute atomic E-state index is 0.279. The van der Waals surface area contributed by atoms with E-state index in [9.17, 15) is 19.5 Å². The normalized spacial score (nSPS) is 19.4. The van der Waals surface area contributed by atoms with Crippen molar-refractivity contribution in [2.24, 2.45) is 0 Å². The number of hydrogen-bond donors (Lipinski definition) is 4. The number of urea groups is 1. The van der Waals surface area contributed by atoms with E-state index in [4.69, 9.17) is 0 Å².